The molecule has 0 aromatic heterocycles. The lowest BCUT2D eigenvalue weighted by atomic mass is 10.0. The molecule has 3 unspecified atom stereocenters. The Morgan fingerprint density at radius 2 is 1.69 bits per heavy atom. The van der Waals surface area contributed by atoms with Crippen LogP contribution in [0.3, 0.4) is 0 Å². The topological polar surface area (TPSA) is 151 Å². The van der Waals surface area contributed by atoms with Gasteiger partial charge in [-0.3, -0.25) is 14.4 Å². The first-order chi connectivity index (χ1) is 12.2. The number of hydrogen-bond acceptors (Lipinski definition) is 7. The number of aliphatic carboxylic acids is 1. The molecule has 0 fully saturated rings. The minimum atomic E-state index is -1.21. The highest BCUT2D eigenvalue weighted by Gasteiger charge is 2.30. The third-order valence-electron chi connectivity index (χ3n) is 3.49. The van der Waals surface area contributed by atoms with E-state index in [1.807, 2.05) is 6.26 Å². The van der Waals surface area contributed by atoms with E-state index in [1.54, 1.807) is 13.8 Å². The Labute approximate surface area is 163 Å². The maximum absolute atomic E-state index is 12.5. The summed E-state index contributed by atoms with van der Waals surface area (Å²) < 4.78 is 0. The van der Waals surface area contributed by atoms with E-state index in [1.165, 1.54) is 11.8 Å². The standard InChI is InChI=1S/C15H28N4O5S2/c1-8(2)12(14(22)18-10(7-25)15(23)24)19-13(21)9(4-5-26-3)17-11(20)6-16/h8-10,12,25H,4-7,16H2,1-3H3,(H,17,20)(H,18,22)(H,19,21)(H,23,24). The van der Waals surface area contributed by atoms with Crippen LogP contribution in [-0.4, -0.2) is 71.2 Å². The fourth-order valence-corrected chi connectivity index (χ4v) is 2.71. The molecule has 150 valence electrons. The second-order valence-corrected chi connectivity index (χ2v) is 7.27. The van der Waals surface area contributed by atoms with Crippen LogP contribution in [-0.2, 0) is 19.2 Å². The van der Waals surface area contributed by atoms with Crippen molar-refractivity contribution in [2.24, 2.45) is 11.7 Å². The molecule has 6 N–H and O–H groups in total. The number of hydrogen-bond donors (Lipinski definition) is 6. The van der Waals surface area contributed by atoms with Crippen molar-refractivity contribution in [1.29, 1.82) is 0 Å². The number of nitrogens with one attached hydrogen (secondary N) is 3. The van der Waals surface area contributed by atoms with Crippen molar-refractivity contribution in [3.8, 4) is 0 Å². The number of carbonyl (C=O) groups is 4. The zero-order valence-corrected chi connectivity index (χ0v) is 16.9. The molecule has 0 aliphatic heterocycles. The van der Waals surface area contributed by atoms with Crippen LogP contribution >= 0.6 is 24.4 Å². The predicted octanol–water partition coefficient (Wildman–Crippen LogP) is -1.18. The second kappa shape index (κ2) is 12.8. The number of carboxylic acid groups (broad SMARTS) is 1. The summed E-state index contributed by atoms with van der Waals surface area (Å²) in [5, 5.41) is 16.5. The Morgan fingerprint density at radius 3 is 2.12 bits per heavy atom. The molecule has 3 amide bonds. The number of thiol groups is 1. The fourth-order valence-electron chi connectivity index (χ4n) is 1.99. The van der Waals surface area contributed by atoms with Gasteiger partial charge in [0.1, 0.15) is 18.1 Å². The van der Waals surface area contributed by atoms with Crippen molar-refractivity contribution in [3.63, 3.8) is 0 Å². The van der Waals surface area contributed by atoms with Crippen molar-refractivity contribution >= 4 is 48.1 Å². The smallest absolute Gasteiger partial charge is 0.327 e. The summed E-state index contributed by atoms with van der Waals surface area (Å²) in [5.74, 6) is -2.57. The van der Waals surface area contributed by atoms with Gasteiger partial charge >= 0.3 is 5.97 Å². The highest BCUT2D eigenvalue weighted by atomic mass is 32.2. The minimum absolute atomic E-state index is 0.0806. The first-order valence-electron chi connectivity index (χ1n) is 8.10. The maximum Gasteiger partial charge on any atom is 0.327 e. The SMILES string of the molecule is CSCCC(NC(=O)CN)C(=O)NC(C(=O)NC(CS)C(=O)O)C(C)C. The van der Waals surface area contributed by atoms with Crippen LogP contribution < -0.4 is 21.7 Å². The molecule has 26 heavy (non-hydrogen) atoms. The lowest BCUT2D eigenvalue weighted by Crippen LogP contribution is -2.58. The lowest BCUT2D eigenvalue weighted by molar-refractivity contribution is -0.142. The van der Waals surface area contributed by atoms with E-state index < -0.39 is 41.8 Å². The molecule has 0 radical (unpaired) electrons. The third-order valence-corrected chi connectivity index (χ3v) is 4.50. The Balaban J connectivity index is 5.12. The van der Waals surface area contributed by atoms with Crippen molar-refractivity contribution in [2.45, 2.75) is 38.4 Å². The van der Waals surface area contributed by atoms with Gasteiger partial charge in [0, 0.05) is 5.75 Å². The van der Waals surface area contributed by atoms with Crippen molar-refractivity contribution < 1.29 is 24.3 Å². The largest absolute Gasteiger partial charge is 0.480 e. The van der Waals surface area contributed by atoms with E-state index in [9.17, 15) is 19.2 Å². The third kappa shape index (κ3) is 8.77. The molecular formula is C15H28N4O5S2. The van der Waals surface area contributed by atoms with Gasteiger partial charge in [-0.15, -0.1) is 0 Å². The summed E-state index contributed by atoms with van der Waals surface area (Å²) in [6.07, 6.45) is 2.24. The quantitative estimate of drug-likeness (QED) is 0.223. The summed E-state index contributed by atoms with van der Waals surface area (Å²) in [4.78, 5) is 47.5. The Kier molecular flexibility index (Phi) is 12.1. The minimum Gasteiger partial charge on any atom is -0.480 e. The average Bonchev–Trinajstić information content (AvgIpc) is 2.59. The van der Waals surface area contributed by atoms with Gasteiger partial charge < -0.3 is 26.8 Å². The molecule has 0 rings (SSSR count). The normalized spacial score (nSPS) is 14.2. The van der Waals surface area contributed by atoms with Crippen LogP contribution in [0.1, 0.15) is 20.3 Å². The van der Waals surface area contributed by atoms with Crippen LogP contribution in [0.25, 0.3) is 0 Å². The molecule has 11 heteroatoms. The Bertz CT molecular complexity index is 504. The molecule has 0 saturated carbocycles. The molecule has 0 spiro atoms. The van der Waals surface area contributed by atoms with Gasteiger partial charge in [0.15, 0.2) is 0 Å². The summed E-state index contributed by atoms with van der Waals surface area (Å²) in [7, 11) is 0. The average molecular weight is 409 g/mol. The first kappa shape index (κ1) is 24.5. The van der Waals surface area contributed by atoms with E-state index in [0.717, 1.165) is 0 Å². The van der Waals surface area contributed by atoms with Gasteiger partial charge in [-0.25, -0.2) is 4.79 Å². The number of carbonyl (C=O) groups excluding carboxylic acids is 3. The van der Waals surface area contributed by atoms with Crippen LogP contribution in [0.4, 0.5) is 0 Å². The van der Waals surface area contributed by atoms with Gasteiger partial charge in [0.25, 0.3) is 0 Å². The van der Waals surface area contributed by atoms with Gasteiger partial charge in [-0.2, -0.15) is 24.4 Å². The molecule has 3 atom stereocenters. The number of thioether (sulfide) groups is 1. The number of rotatable bonds is 12. The highest BCUT2D eigenvalue weighted by molar-refractivity contribution is 7.98. The molecular weight excluding hydrogens is 380 g/mol. The van der Waals surface area contributed by atoms with Crippen LogP contribution in [0, 0.1) is 5.92 Å². The molecule has 0 saturated heterocycles. The zero-order chi connectivity index (χ0) is 20.3. The first-order valence-corrected chi connectivity index (χ1v) is 10.1. The second-order valence-electron chi connectivity index (χ2n) is 5.92. The van der Waals surface area contributed by atoms with Gasteiger partial charge in [0.2, 0.25) is 17.7 Å². The Morgan fingerprint density at radius 1 is 1.08 bits per heavy atom. The van der Waals surface area contributed by atoms with Crippen LogP contribution in [0.2, 0.25) is 0 Å². The summed E-state index contributed by atoms with van der Waals surface area (Å²) in [6.45, 7) is 3.19. The van der Waals surface area contributed by atoms with E-state index in [-0.39, 0.29) is 18.2 Å². The number of nitrogens with two attached hydrogens (primary N) is 1. The number of amides is 3. The molecule has 9 nitrogen and oxygen atoms in total. The predicted molar refractivity (Wildman–Crippen MR) is 104 cm³/mol. The van der Waals surface area contributed by atoms with Gasteiger partial charge in [-0.05, 0) is 24.3 Å². The lowest BCUT2D eigenvalue weighted by Gasteiger charge is -2.26. The Hall–Kier alpha value is -1.46. The van der Waals surface area contributed by atoms with Crippen molar-refractivity contribution in [3.05, 3.63) is 0 Å². The van der Waals surface area contributed by atoms with Crippen molar-refractivity contribution in [1.82, 2.24) is 16.0 Å². The molecule has 0 aromatic carbocycles. The van der Waals surface area contributed by atoms with Crippen LogP contribution in [0.15, 0.2) is 0 Å². The highest BCUT2D eigenvalue weighted by Crippen LogP contribution is 2.06. The number of carboxylic acids is 1. The van der Waals surface area contributed by atoms with E-state index >= 15 is 0 Å². The van der Waals surface area contributed by atoms with Crippen molar-refractivity contribution in [2.75, 3.05) is 24.3 Å². The van der Waals surface area contributed by atoms with E-state index in [4.69, 9.17) is 10.8 Å². The molecule has 0 aliphatic rings. The monoisotopic (exact) mass is 408 g/mol. The summed E-state index contributed by atoms with van der Waals surface area (Å²) in [5.41, 5.74) is 5.27. The fraction of sp³-hybridized carbons (Fsp3) is 0.733. The molecule has 0 aromatic rings. The van der Waals surface area contributed by atoms with Gasteiger partial charge in [-0.1, -0.05) is 13.8 Å². The molecule has 0 bridgehead atoms. The van der Waals surface area contributed by atoms with Crippen LogP contribution in [0.5, 0.6) is 0 Å². The summed E-state index contributed by atoms with van der Waals surface area (Å²) >= 11 is 5.41. The maximum atomic E-state index is 12.5. The summed E-state index contributed by atoms with van der Waals surface area (Å²) in [6, 6.07) is -2.93. The van der Waals surface area contributed by atoms with E-state index in [2.05, 4.69) is 28.6 Å². The van der Waals surface area contributed by atoms with Gasteiger partial charge in [0.05, 0.1) is 6.54 Å². The van der Waals surface area contributed by atoms with E-state index in [0.29, 0.717) is 12.2 Å². The molecule has 0 heterocycles. The molecule has 0 aliphatic carbocycles. The zero-order valence-electron chi connectivity index (χ0n) is 15.2.